The molecule has 0 fully saturated rings. The summed E-state index contributed by atoms with van der Waals surface area (Å²) < 4.78 is 6.10. The van der Waals surface area contributed by atoms with Gasteiger partial charge in [-0.2, -0.15) is 0 Å². The first-order valence-electron chi connectivity index (χ1n) is 4.41. The maximum absolute atomic E-state index is 11.1. The third-order valence-corrected chi connectivity index (χ3v) is 1.64. The minimum Gasteiger partial charge on any atom is -0.466 e. The molecule has 1 aromatic heterocycles. The van der Waals surface area contributed by atoms with Crippen molar-refractivity contribution in [3.05, 3.63) is 28.9 Å². The molecule has 1 aromatic rings. The highest BCUT2D eigenvalue weighted by atomic mass is 16.5. The van der Waals surface area contributed by atoms with E-state index in [1.54, 1.807) is 19.2 Å². The number of aryl methyl sites for hydroxylation is 1. The van der Waals surface area contributed by atoms with E-state index in [0.717, 1.165) is 0 Å². The van der Waals surface area contributed by atoms with E-state index in [1.165, 1.54) is 10.8 Å². The van der Waals surface area contributed by atoms with E-state index in [9.17, 15) is 9.59 Å². The molecule has 0 aliphatic rings. The van der Waals surface area contributed by atoms with Crippen molar-refractivity contribution < 1.29 is 9.53 Å². The normalized spacial score (nSPS) is 9.79. The molecule has 0 unspecified atom stereocenters. The van der Waals surface area contributed by atoms with Gasteiger partial charge in [-0.05, 0) is 13.0 Å². The van der Waals surface area contributed by atoms with Crippen molar-refractivity contribution in [1.29, 1.82) is 0 Å². The Balaban J connectivity index is 2.50. The van der Waals surface area contributed by atoms with Crippen molar-refractivity contribution in [2.45, 2.75) is 19.9 Å². The van der Waals surface area contributed by atoms with Gasteiger partial charge in [0.05, 0.1) is 13.0 Å². The van der Waals surface area contributed by atoms with Gasteiger partial charge in [-0.15, -0.1) is 0 Å². The summed E-state index contributed by atoms with van der Waals surface area (Å²) in [5.41, 5.74) is -0.350. The number of aromatic nitrogens is 2. The Morgan fingerprint density at radius 3 is 3.07 bits per heavy atom. The van der Waals surface area contributed by atoms with Gasteiger partial charge in [-0.3, -0.25) is 9.36 Å². The highest BCUT2D eigenvalue weighted by molar-refractivity contribution is 5.69. The zero-order valence-electron chi connectivity index (χ0n) is 7.97. The van der Waals surface area contributed by atoms with E-state index in [-0.39, 0.29) is 18.1 Å². The van der Waals surface area contributed by atoms with Gasteiger partial charge in [0.25, 0.3) is 0 Å². The van der Waals surface area contributed by atoms with Crippen molar-refractivity contribution >= 4 is 5.97 Å². The quantitative estimate of drug-likeness (QED) is 0.645. The van der Waals surface area contributed by atoms with Gasteiger partial charge < -0.3 is 4.74 Å². The Hall–Kier alpha value is -1.65. The predicted molar refractivity (Wildman–Crippen MR) is 49.7 cm³/mol. The molecule has 14 heavy (non-hydrogen) atoms. The molecule has 1 rings (SSSR count). The van der Waals surface area contributed by atoms with Crippen molar-refractivity contribution in [1.82, 2.24) is 9.55 Å². The molecule has 0 aliphatic carbocycles. The van der Waals surface area contributed by atoms with Crippen LogP contribution in [0.1, 0.15) is 13.3 Å². The summed E-state index contributed by atoms with van der Waals surface area (Å²) in [5, 5.41) is 0. The molecule has 0 saturated carbocycles. The van der Waals surface area contributed by atoms with E-state index in [2.05, 4.69) is 4.98 Å². The minimum atomic E-state index is -0.350. The van der Waals surface area contributed by atoms with Crippen LogP contribution in [0.4, 0.5) is 0 Å². The summed E-state index contributed by atoms with van der Waals surface area (Å²) in [5.74, 6) is -0.303. The molecular weight excluding hydrogens is 184 g/mol. The second kappa shape index (κ2) is 5.16. The van der Waals surface area contributed by atoms with Crippen LogP contribution in [0, 0.1) is 0 Å². The van der Waals surface area contributed by atoms with Crippen LogP contribution in [-0.2, 0) is 16.1 Å². The zero-order chi connectivity index (χ0) is 10.4. The third kappa shape index (κ3) is 3.01. The Morgan fingerprint density at radius 2 is 2.43 bits per heavy atom. The summed E-state index contributed by atoms with van der Waals surface area (Å²) in [6.45, 7) is 2.42. The summed E-state index contributed by atoms with van der Waals surface area (Å²) in [7, 11) is 0. The van der Waals surface area contributed by atoms with E-state index >= 15 is 0 Å². The molecule has 1 heterocycles. The van der Waals surface area contributed by atoms with Crippen LogP contribution in [-0.4, -0.2) is 22.1 Å². The first-order valence-corrected chi connectivity index (χ1v) is 4.41. The number of hydrogen-bond donors (Lipinski definition) is 0. The van der Waals surface area contributed by atoms with Crippen LogP contribution < -0.4 is 5.69 Å². The topological polar surface area (TPSA) is 61.2 Å². The molecule has 0 aromatic carbocycles. The average Bonchev–Trinajstić information content (AvgIpc) is 2.17. The first kappa shape index (κ1) is 10.4. The van der Waals surface area contributed by atoms with Gasteiger partial charge in [-0.25, -0.2) is 9.78 Å². The molecule has 0 spiro atoms. The van der Waals surface area contributed by atoms with Crippen LogP contribution in [0.3, 0.4) is 0 Å². The van der Waals surface area contributed by atoms with Gasteiger partial charge in [-0.1, -0.05) is 0 Å². The maximum Gasteiger partial charge on any atom is 0.347 e. The minimum absolute atomic E-state index is 0.194. The first-order chi connectivity index (χ1) is 6.74. The molecule has 76 valence electrons. The lowest BCUT2D eigenvalue weighted by molar-refractivity contribution is -0.143. The summed E-state index contributed by atoms with van der Waals surface area (Å²) in [6, 6.07) is 1.65. The van der Waals surface area contributed by atoms with E-state index in [1.807, 2.05) is 0 Å². The molecule has 0 N–H and O–H groups in total. The summed E-state index contributed by atoms with van der Waals surface area (Å²) in [6.07, 6.45) is 3.21. The van der Waals surface area contributed by atoms with Crippen LogP contribution in [0.25, 0.3) is 0 Å². The Bertz CT molecular complexity index is 359. The van der Waals surface area contributed by atoms with Crippen molar-refractivity contribution in [2.24, 2.45) is 0 Å². The number of carbonyl (C=O) groups excluding carboxylic acids is 1. The molecule has 5 nitrogen and oxygen atoms in total. The van der Waals surface area contributed by atoms with E-state index in [4.69, 9.17) is 4.74 Å². The lowest BCUT2D eigenvalue weighted by atomic mass is 10.4. The van der Waals surface area contributed by atoms with Gasteiger partial charge in [0.1, 0.15) is 0 Å². The summed E-state index contributed by atoms with van der Waals surface area (Å²) >= 11 is 0. The number of rotatable bonds is 4. The molecule has 5 heteroatoms. The molecule has 0 aliphatic heterocycles. The number of ether oxygens (including phenoxy) is 1. The van der Waals surface area contributed by atoms with Gasteiger partial charge in [0, 0.05) is 18.9 Å². The number of carbonyl (C=O) groups is 1. The average molecular weight is 196 g/mol. The lowest BCUT2D eigenvalue weighted by Gasteiger charge is -2.03. The maximum atomic E-state index is 11.1. The van der Waals surface area contributed by atoms with Gasteiger partial charge >= 0.3 is 11.7 Å². The molecule has 0 saturated heterocycles. The van der Waals surface area contributed by atoms with Crippen molar-refractivity contribution in [3.8, 4) is 0 Å². The molecule has 0 amide bonds. The highest BCUT2D eigenvalue weighted by Crippen LogP contribution is 1.89. The fraction of sp³-hybridized carbons (Fsp3) is 0.444. The van der Waals surface area contributed by atoms with Crippen LogP contribution >= 0.6 is 0 Å². The number of hydrogen-bond acceptors (Lipinski definition) is 4. The third-order valence-electron chi connectivity index (χ3n) is 1.64. The van der Waals surface area contributed by atoms with E-state index < -0.39 is 0 Å². The molecule has 0 radical (unpaired) electrons. The summed E-state index contributed by atoms with van der Waals surface area (Å²) in [4.78, 5) is 25.6. The number of esters is 1. The fourth-order valence-corrected chi connectivity index (χ4v) is 1.00. The zero-order valence-corrected chi connectivity index (χ0v) is 7.97. The van der Waals surface area contributed by atoms with Crippen LogP contribution in [0.5, 0.6) is 0 Å². The molecule has 0 bridgehead atoms. The highest BCUT2D eigenvalue weighted by Gasteiger charge is 2.02. The van der Waals surface area contributed by atoms with Crippen molar-refractivity contribution in [2.75, 3.05) is 6.61 Å². The van der Waals surface area contributed by atoms with Crippen LogP contribution in [0.15, 0.2) is 23.3 Å². The fourth-order valence-electron chi connectivity index (χ4n) is 1.00. The van der Waals surface area contributed by atoms with Crippen molar-refractivity contribution in [3.63, 3.8) is 0 Å². The van der Waals surface area contributed by atoms with Gasteiger partial charge in [0.15, 0.2) is 0 Å². The monoisotopic (exact) mass is 196 g/mol. The Morgan fingerprint density at radius 1 is 1.64 bits per heavy atom. The van der Waals surface area contributed by atoms with Crippen LogP contribution in [0.2, 0.25) is 0 Å². The van der Waals surface area contributed by atoms with Gasteiger partial charge in [0.2, 0.25) is 0 Å². The predicted octanol–water partition coefficient (Wildman–Crippen LogP) is 0.197. The Labute approximate surface area is 81.3 Å². The smallest absolute Gasteiger partial charge is 0.347 e. The second-order valence-corrected chi connectivity index (χ2v) is 2.65. The van der Waals surface area contributed by atoms with E-state index in [0.29, 0.717) is 13.2 Å². The lowest BCUT2D eigenvalue weighted by Crippen LogP contribution is -2.23. The standard InChI is InChI=1S/C9H12N2O3/c1-2-14-8(12)4-7-11-6-3-5-10-9(11)13/h3,5-6H,2,4,7H2,1H3. The largest absolute Gasteiger partial charge is 0.466 e. The second-order valence-electron chi connectivity index (χ2n) is 2.65. The number of nitrogens with zero attached hydrogens (tertiary/aromatic N) is 2. The SMILES string of the molecule is CCOC(=O)CCn1cccnc1=O. The molecular formula is C9H12N2O3. The molecule has 0 atom stereocenters. The Kier molecular flexibility index (Phi) is 3.84.